The molecule has 170 valence electrons. The number of benzene rings is 4. The number of nitrogens with zero attached hydrogens (tertiary/aromatic N) is 2. The molecular weight excluding hydrogens is 430 g/mol. The van der Waals surface area contributed by atoms with Crippen molar-refractivity contribution in [1.82, 2.24) is 0 Å². The normalized spacial score (nSPS) is 19.7. The lowest BCUT2D eigenvalue weighted by molar-refractivity contribution is -0.109. The van der Waals surface area contributed by atoms with Crippen LogP contribution < -0.4 is 9.80 Å². The van der Waals surface area contributed by atoms with Crippen LogP contribution in [0.3, 0.4) is 0 Å². The van der Waals surface area contributed by atoms with Crippen molar-refractivity contribution >= 4 is 29.0 Å². The van der Waals surface area contributed by atoms with E-state index in [1.54, 1.807) is 4.90 Å². The summed E-state index contributed by atoms with van der Waals surface area (Å²) in [5.41, 5.74) is 5.13. The third kappa shape index (κ3) is 4.05. The third-order valence-corrected chi connectivity index (χ3v) is 6.20. The Kier molecular flexibility index (Phi) is 6.09. The minimum atomic E-state index is -1.86. The standard InChI is InChI=1S/C29H24F2N2O/c30-25-19-32(28(20-34)29(25)31)26-17-16-22(21-10-4-1-5-11-21)18-27(26)33(23-12-6-2-7-13-23)24-14-8-3-9-15-24/h1-18,20,25,28-29H,19H2. The van der Waals surface area contributed by atoms with Crippen LogP contribution in [0.4, 0.5) is 31.5 Å². The molecule has 1 heterocycles. The molecule has 0 aliphatic carbocycles. The van der Waals surface area contributed by atoms with E-state index in [2.05, 4.69) is 4.90 Å². The summed E-state index contributed by atoms with van der Waals surface area (Å²) in [6.45, 7) is -0.181. The van der Waals surface area contributed by atoms with E-state index in [1.165, 1.54) is 0 Å². The van der Waals surface area contributed by atoms with Crippen LogP contribution in [-0.2, 0) is 4.79 Å². The first-order valence-electron chi connectivity index (χ1n) is 11.3. The summed E-state index contributed by atoms with van der Waals surface area (Å²) in [6.07, 6.45) is -3.08. The molecule has 0 amide bonds. The number of anilines is 4. The van der Waals surface area contributed by atoms with Crippen molar-refractivity contribution in [3.8, 4) is 11.1 Å². The topological polar surface area (TPSA) is 23.6 Å². The van der Waals surface area contributed by atoms with Gasteiger partial charge in [0.15, 0.2) is 12.3 Å². The fourth-order valence-electron chi connectivity index (χ4n) is 4.54. The predicted octanol–water partition coefficient (Wildman–Crippen LogP) is 6.89. The molecule has 0 bridgehead atoms. The van der Waals surface area contributed by atoms with Crippen LogP contribution in [0.2, 0.25) is 0 Å². The first-order valence-corrected chi connectivity index (χ1v) is 11.3. The van der Waals surface area contributed by atoms with Gasteiger partial charge in [-0.25, -0.2) is 8.78 Å². The van der Waals surface area contributed by atoms with Crippen molar-refractivity contribution in [1.29, 1.82) is 0 Å². The quantitative estimate of drug-likeness (QED) is 0.297. The Bertz CT molecular complexity index is 1210. The van der Waals surface area contributed by atoms with Gasteiger partial charge >= 0.3 is 0 Å². The molecule has 0 saturated carbocycles. The lowest BCUT2D eigenvalue weighted by Gasteiger charge is -2.32. The van der Waals surface area contributed by atoms with Gasteiger partial charge in [0.1, 0.15) is 12.3 Å². The van der Waals surface area contributed by atoms with Crippen LogP contribution in [0, 0.1) is 0 Å². The van der Waals surface area contributed by atoms with Crippen LogP contribution in [0.1, 0.15) is 0 Å². The van der Waals surface area contributed by atoms with Gasteiger partial charge in [-0.05, 0) is 47.5 Å². The average molecular weight is 455 g/mol. The van der Waals surface area contributed by atoms with E-state index in [0.717, 1.165) is 28.2 Å². The van der Waals surface area contributed by atoms with Gasteiger partial charge in [-0.1, -0.05) is 72.8 Å². The zero-order valence-electron chi connectivity index (χ0n) is 18.5. The van der Waals surface area contributed by atoms with Crippen molar-refractivity contribution in [3.63, 3.8) is 0 Å². The van der Waals surface area contributed by atoms with Gasteiger partial charge in [0.05, 0.1) is 17.9 Å². The maximum atomic E-state index is 14.6. The van der Waals surface area contributed by atoms with Crippen LogP contribution in [-0.4, -0.2) is 31.2 Å². The van der Waals surface area contributed by atoms with Crippen molar-refractivity contribution in [2.45, 2.75) is 18.4 Å². The summed E-state index contributed by atoms with van der Waals surface area (Å²) < 4.78 is 29.0. The molecule has 5 rings (SSSR count). The van der Waals surface area contributed by atoms with Gasteiger partial charge in [-0.3, -0.25) is 0 Å². The molecule has 5 heteroatoms. The van der Waals surface area contributed by atoms with E-state index in [4.69, 9.17) is 0 Å². The van der Waals surface area contributed by atoms with Crippen molar-refractivity contribution < 1.29 is 13.6 Å². The Hall–Kier alpha value is -3.99. The van der Waals surface area contributed by atoms with E-state index in [0.29, 0.717) is 12.0 Å². The highest BCUT2D eigenvalue weighted by Crippen LogP contribution is 2.44. The number of hydrogen-bond acceptors (Lipinski definition) is 3. The first kappa shape index (κ1) is 21.8. The highest BCUT2D eigenvalue weighted by atomic mass is 19.2. The van der Waals surface area contributed by atoms with Gasteiger partial charge in [-0.2, -0.15) is 0 Å². The average Bonchev–Trinajstić information content (AvgIpc) is 3.19. The Morgan fingerprint density at radius 3 is 1.85 bits per heavy atom. The molecule has 1 aliphatic rings. The van der Waals surface area contributed by atoms with E-state index in [-0.39, 0.29) is 6.54 Å². The zero-order valence-corrected chi connectivity index (χ0v) is 18.5. The van der Waals surface area contributed by atoms with Gasteiger partial charge in [0.2, 0.25) is 0 Å². The monoisotopic (exact) mass is 454 g/mol. The fraction of sp³-hybridized carbons (Fsp3) is 0.138. The number of halogens is 2. The van der Waals surface area contributed by atoms with E-state index < -0.39 is 18.4 Å². The van der Waals surface area contributed by atoms with Gasteiger partial charge in [0, 0.05) is 11.4 Å². The lowest BCUT2D eigenvalue weighted by Crippen LogP contribution is -2.35. The predicted molar refractivity (Wildman–Crippen MR) is 134 cm³/mol. The number of aldehydes is 1. The molecule has 1 aliphatic heterocycles. The van der Waals surface area contributed by atoms with Crippen LogP contribution in [0.25, 0.3) is 11.1 Å². The second-order valence-electron chi connectivity index (χ2n) is 8.32. The minimum Gasteiger partial charge on any atom is -0.354 e. The first-order chi connectivity index (χ1) is 16.7. The Morgan fingerprint density at radius 1 is 0.735 bits per heavy atom. The number of carbonyl (C=O) groups is 1. The maximum Gasteiger partial charge on any atom is 0.160 e. The SMILES string of the molecule is O=CC1C(F)C(F)CN1c1ccc(-c2ccccc2)cc1N(c1ccccc1)c1ccccc1. The van der Waals surface area contributed by atoms with E-state index in [9.17, 15) is 13.6 Å². The molecule has 3 unspecified atom stereocenters. The van der Waals surface area contributed by atoms with Crippen molar-refractivity contribution in [2.75, 3.05) is 16.3 Å². The Morgan fingerprint density at radius 2 is 1.29 bits per heavy atom. The lowest BCUT2D eigenvalue weighted by atomic mass is 10.0. The second kappa shape index (κ2) is 9.48. The van der Waals surface area contributed by atoms with E-state index >= 15 is 0 Å². The van der Waals surface area contributed by atoms with Gasteiger partial charge in [-0.15, -0.1) is 0 Å². The Balaban J connectivity index is 1.74. The number of para-hydroxylation sites is 2. The number of hydrogen-bond donors (Lipinski definition) is 0. The molecule has 0 radical (unpaired) electrons. The molecule has 4 aromatic rings. The summed E-state index contributed by atoms with van der Waals surface area (Å²) in [6, 6.07) is 34.2. The molecule has 4 aromatic carbocycles. The Labute approximate surface area is 197 Å². The molecule has 3 atom stereocenters. The summed E-state index contributed by atoms with van der Waals surface area (Å²) >= 11 is 0. The molecule has 3 nitrogen and oxygen atoms in total. The van der Waals surface area contributed by atoms with Crippen molar-refractivity contribution in [3.05, 3.63) is 109 Å². The van der Waals surface area contributed by atoms with Crippen LogP contribution >= 0.6 is 0 Å². The van der Waals surface area contributed by atoms with Crippen LogP contribution in [0.5, 0.6) is 0 Å². The third-order valence-electron chi connectivity index (χ3n) is 6.20. The highest BCUT2D eigenvalue weighted by Gasteiger charge is 2.43. The summed E-state index contributed by atoms with van der Waals surface area (Å²) in [5.74, 6) is 0. The number of carbonyl (C=O) groups excluding carboxylic acids is 1. The minimum absolute atomic E-state index is 0.181. The second-order valence-corrected chi connectivity index (χ2v) is 8.32. The molecular formula is C29H24F2N2O. The molecule has 34 heavy (non-hydrogen) atoms. The fourth-order valence-corrected chi connectivity index (χ4v) is 4.54. The molecule has 0 aromatic heterocycles. The van der Waals surface area contributed by atoms with Gasteiger partial charge in [0.25, 0.3) is 0 Å². The van der Waals surface area contributed by atoms with E-state index in [1.807, 2.05) is 109 Å². The highest BCUT2D eigenvalue weighted by molar-refractivity contribution is 5.89. The summed E-state index contributed by atoms with van der Waals surface area (Å²) in [7, 11) is 0. The molecule has 1 saturated heterocycles. The van der Waals surface area contributed by atoms with Crippen molar-refractivity contribution in [2.24, 2.45) is 0 Å². The van der Waals surface area contributed by atoms with Gasteiger partial charge < -0.3 is 14.6 Å². The maximum absolute atomic E-state index is 14.6. The molecule has 1 fully saturated rings. The van der Waals surface area contributed by atoms with Crippen LogP contribution in [0.15, 0.2) is 109 Å². The largest absolute Gasteiger partial charge is 0.354 e. The smallest absolute Gasteiger partial charge is 0.160 e. The molecule has 0 N–H and O–H groups in total. The number of alkyl halides is 2. The molecule has 0 spiro atoms. The summed E-state index contributed by atoms with van der Waals surface area (Å²) in [5, 5.41) is 0. The summed E-state index contributed by atoms with van der Waals surface area (Å²) in [4.78, 5) is 15.4. The zero-order chi connectivity index (χ0) is 23.5. The number of rotatable bonds is 6.